The molecule has 0 bridgehead atoms. The van der Waals surface area contributed by atoms with E-state index in [4.69, 9.17) is 16.0 Å². The number of furan rings is 1. The molecule has 116 valence electrons. The van der Waals surface area contributed by atoms with Gasteiger partial charge in [0.05, 0.1) is 9.92 Å². The van der Waals surface area contributed by atoms with Crippen LogP contribution in [0.15, 0.2) is 63.2 Å². The zero-order valence-corrected chi connectivity index (χ0v) is 13.1. The van der Waals surface area contributed by atoms with Crippen LogP contribution in [0.1, 0.15) is 16.4 Å². The third kappa shape index (κ3) is 3.64. The van der Waals surface area contributed by atoms with E-state index in [1.54, 1.807) is 12.1 Å². The van der Waals surface area contributed by atoms with Crippen molar-refractivity contribution < 1.29 is 14.3 Å². The number of nitrogens with one attached hydrogen (secondary N) is 1. The highest BCUT2D eigenvalue weighted by Gasteiger charge is 2.13. The van der Waals surface area contributed by atoms with Gasteiger partial charge in [0.2, 0.25) is 11.6 Å². The van der Waals surface area contributed by atoms with Crippen molar-refractivity contribution >= 4 is 34.9 Å². The fraction of sp³-hybridized carbons (Fsp3) is 0. The van der Waals surface area contributed by atoms with E-state index in [1.165, 1.54) is 24.4 Å². The standard InChI is InChI=1S/C15H10ClN3O3S/c16-10-3-1-2-4-14(10)23-9-5-13(22-7-9)11(20)6-12(21)15-17-8-18-19-15/h1-8,21H,(H,17,18,19). The minimum absolute atomic E-state index is 0.0376. The lowest BCUT2D eigenvalue weighted by Crippen LogP contribution is -1.95. The number of allylic oxidation sites excluding steroid dienone is 1. The van der Waals surface area contributed by atoms with Crippen LogP contribution in [-0.4, -0.2) is 26.1 Å². The van der Waals surface area contributed by atoms with Gasteiger partial charge in [0.15, 0.2) is 11.5 Å². The molecule has 0 fully saturated rings. The van der Waals surface area contributed by atoms with Crippen molar-refractivity contribution in [1.29, 1.82) is 0 Å². The van der Waals surface area contributed by atoms with Crippen molar-refractivity contribution in [3.05, 3.63) is 65.6 Å². The Balaban J connectivity index is 1.75. The lowest BCUT2D eigenvalue weighted by Gasteiger charge is -1.99. The highest BCUT2D eigenvalue weighted by molar-refractivity contribution is 7.99. The number of carbonyl (C=O) groups is 1. The Labute approximate surface area is 140 Å². The first kappa shape index (κ1) is 15.4. The van der Waals surface area contributed by atoms with Gasteiger partial charge < -0.3 is 9.52 Å². The van der Waals surface area contributed by atoms with Crippen molar-refractivity contribution in [2.75, 3.05) is 0 Å². The van der Waals surface area contributed by atoms with Crippen LogP contribution >= 0.6 is 23.4 Å². The summed E-state index contributed by atoms with van der Waals surface area (Å²) in [7, 11) is 0. The van der Waals surface area contributed by atoms with Crippen molar-refractivity contribution in [3.63, 3.8) is 0 Å². The largest absolute Gasteiger partial charge is 0.504 e. The molecule has 2 N–H and O–H groups in total. The third-order valence-electron chi connectivity index (χ3n) is 2.79. The summed E-state index contributed by atoms with van der Waals surface area (Å²) in [6.07, 6.45) is 3.76. The molecule has 0 amide bonds. The molecule has 6 nitrogen and oxygen atoms in total. The maximum Gasteiger partial charge on any atom is 0.224 e. The summed E-state index contributed by atoms with van der Waals surface area (Å²) in [5, 5.41) is 16.5. The molecule has 1 aromatic carbocycles. The molecule has 2 aromatic heterocycles. The second-order valence-corrected chi connectivity index (χ2v) is 5.92. The number of hydrogen-bond donors (Lipinski definition) is 2. The number of aliphatic hydroxyl groups excluding tert-OH is 1. The van der Waals surface area contributed by atoms with Gasteiger partial charge >= 0.3 is 0 Å². The van der Waals surface area contributed by atoms with Crippen LogP contribution < -0.4 is 0 Å². The van der Waals surface area contributed by atoms with E-state index in [1.807, 2.05) is 18.2 Å². The molecule has 0 saturated carbocycles. The summed E-state index contributed by atoms with van der Waals surface area (Å²) in [6.45, 7) is 0. The Kier molecular flexibility index (Phi) is 4.50. The van der Waals surface area contributed by atoms with E-state index < -0.39 is 5.78 Å². The SMILES string of the molecule is O=C(C=C(O)c1nc[nH]n1)c1cc(Sc2ccccc2Cl)co1. The minimum Gasteiger partial charge on any atom is -0.504 e. The highest BCUT2D eigenvalue weighted by atomic mass is 35.5. The number of H-pyrrole nitrogens is 1. The summed E-state index contributed by atoms with van der Waals surface area (Å²) in [5.41, 5.74) is 0. The number of rotatable bonds is 5. The number of ketones is 1. The maximum atomic E-state index is 12.1. The van der Waals surface area contributed by atoms with E-state index >= 15 is 0 Å². The lowest BCUT2D eigenvalue weighted by molar-refractivity contribution is 0.102. The Morgan fingerprint density at radius 3 is 2.96 bits per heavy atom. The van der Waals surface area contributed by atoms with Crippen LogP contribution in [-0.2, 0) is 0 Å². The number of aromatic amines is 1. The monoisotopic (exact) mass is 347 g/mol. The van der Waals surface area contributed by atoms with Gasteiger partial charge in [0.25, 0.3) is 0 Å². The van der Waals surface area contributed by atoms with Gasteiger partial charge in [0.1, 0.15) is 12.6 Å². The normalized spacial score (nSPS) is 11.6. The zero-order valence-electron chi connectivity index (χ0n) is 11.6. The fourth-order valence-electron chi connectivity index (χ4n) is 1.75. The number of hydrogen-bond acceptors (Lipinski definition) is 6. The molecule has 0 aliphatic heterocycles. The number of aromatic nitrogens is 3. The summed E-state index contributed by atoms with van der Waals surface area (Å²) in [5.74, 6) is -0.691. The molecule has 0 aliphatic carbocycles. The molecule has 0 unspecified atom stereocenters. The van der Waals surface area contributed by atoms with Gasteiger partial charge in [-0.2, -0.15) is 5.10 Å². The predicted octanol–water partition coefficient (Wildman–Crippen LogP) is 3.98. The molecular weight excluding hydrogens is 338 g/mol. The number of benzene rings is 1. The number of aliphatic hydroxyl groups is 1. The van der Waals surface area contributed by atoms with Gasteiger partial charge in [-0.25, -0.2) is 4.98 Å². The van der Waals surface area contributed by atoms with E-state index in [9.17, 15) is 9.90 Å². The molecule has 23 heavy (non-hydrogen) atoms. The second-order valence-electron chi connectivity index (χ2n) is 4.40. The van der Waals surface area contributed by atoms with Gasteiger partial charge in [0, 0.05) is 17.0 Å². The average Bonchev–Trinajstić information content (AvgIpc) is 3.21. The summed E-state index contributed by atoms with van der Waals surface area (Å²) >= 11 is 7.47. The van der Waals surface area contributed by atoms with Crippen LogP contribution in [0, 0.1) is 0 Å². The fourth-order valence-corrected chi connectivity index (χ4v) is 2.83. The molecule has 0 radical (unpaired) electrons. The number of halogens is 1. The Morgan fingerprint density at radius 1 is 1.39 bits per heavy atom. The summed E-state index contributed by atoms with van der Waals surface area (Å²) in [6, 6.07) is 8.95. The van der Waals surface area contributed by atoms with Crippen molar-refractivity contribution in [2.24, 2.45) is 0 Å². The van der Waals surface area contributed by atoms with Gasteiger partial charge in [-0.15, -0.1) is 0 Å². The maximum absolute atomic E-state index is 12.1. The average molecular weight is 348 g/mol. The third-order valence-corrected chi connectivity index (χ3v) is 4.26. The number of nitrogens with zero attached hydrogens (tertiary/aromatic N) is 2. The van der Waals surface area contributed by atoms with Crippen LogP contribution in [0.3, 0.4) is 0 Å². The molecular formula is C15H10ClN3O3S. The molecule has 8 heteroatoms. The molecule has 2 heterocycles. The van der Waals surface area contributed by atoms with Crippen LogP contribution in [0.4, 0.5) is 0 Å². The van der Waals surface area contributed by atoms with E-state index in [-0.39, 0.29) is 17.3 Å². The van der Waals surface area contributed by atoms with Crippen molar-refractivity contribution in [1.82, 2.24) is 15.2 Å². The first-order valence-corrected chi connectivity index (χ1v) is 7.65. The Morgan fingerprint density at radius 2 is 2.22 bits per heavy atom. The summed E-state index contributed by atoms with van der Waals surface area (Å²) in [4.78, 5) is 17.4. The topological polar surface area (TPSA) is 92.0 Å². The van der Waals surface area contributed by atoms with Gasteiger partial charge in [-0.05, 0) is 12.1 Å². The Hall–Kier alpha value is -2.51. The van der Waals surface area contributed by atoms with Crippen LogP contribution in [0.2, 0.25) is 5.02 Å². The van der Waals surface area contributed by atoms with E-state index in [0.717, 1.165) is 15.9 Å². The molecule has 0 spiro atoms. The quantitative estimate of drug-likeness (QED) is 0.412. The smallest absolute Gasteiger partial charge is 0.224 e. The first-order valence-electron chi connectivity index (χ1n) is 6.45. The van der Waals surface area contributed by atoms with Crippen molar-refractivity contribution in [2.45, 2.75) is 9.79 Å². The molecule has 0 aliphatic rings. The van der Waals surface area contributed by atoms with E-state index in [0.29, 0.717) is 5.02 Å². The predicted molar refractivity (Wildman–Crippen MR) is 85.6 cm³/mol. The van der Waals surface area contributed by atoms with Crippen molar-refractivity contribution in [3.8, 4) is 0 Å². The zero-order chi connectivity index (χ0) is 16.2. The molecule has 3 rings (SSSR count). The summed E-state index contributed by atoms with van der Waals surface area (Å²) < 4.78 is 5.24. The first-order chi connectivity index (χ1) is 11.1. The second kappa shape index (κ2) is 6.72. The highest BCUT2D eigenvalue weighted by Crippen LogP contribution is 2.34. The molecule has 0 saturated heterocycles. The molecule has 0 atom stereocenters. The van der Waals surface area contributed by atoms with Crippen LogP contribution in [0.5, 0.6) is 0 Å². The lowest BCUT2D eigenvalue weighted by atomic mass is 10.2. The molecule has 3 aromatic rings. The van der Waals surface area contributed by atoms with Crippen LogP contribution in [0.25, 0.3) is 5.76 Å². The Bertz CT molecular complexity index is 858. The van der Waals surface area contributed by atoms with E-state index in [2.05, 4.69) is 15.2 Å². The van der Waals surface area contributed by atoms with Gasteiger partial charge in [-0.1, -0.05) is 35.5 Å². The minimum atomic E-state index is -0.488. The van der Waals surface area contributed by atoms with Gasteiger partial charge in [-0.3, -0.25) is 9.89 Å². The number of carbonyl (C=O) groups excluding carboxylic acids is 1.